The maximum atomic E-state index is 6.71. The fourth-order valence-electron chi connectivity index (χ4n) is 6.27. The lowest BCUT2D eigenvalue weighted by Crippen LogP contribution is -2.59. The Morgan fingerprint density at radius 3 is 1.59 bits per heavy atom. The Labute approximate surface area is 207 Å². The van der Waals surface area contributed by atoms with Crippen molar-refractivity contribution in [3.05, 3.63) is 42.5 Å². The van der Waals surface area contributed by atoms with Gasteiger partial charge in [0.1, 0.15) is 5.75 Å². The summed E-state index contributed by atoms with van der Waals surface area (Å²) in [5, 5.41) is 9.74. The van der Waals surface area contributed by atoms with Gasteiger partial charge in [-0.1, -0.05) is 36.4 Å². The SMILES string of the molecule is CC1(C)CC(OP(Oc2cccc3ccccc23)OC2CC(C)(C)NC(C)(C)C2)CC(C)(C)N1. The van der Waals surface area contributed by atoms with Crippen molar-refractivity contribution in [3.8, 4) is 5.75 Å². The number of rotatable bonds is 6. The summed E-state index contributed by atoms with van der Waals surface area (Å²) in [7, 11) is -1.58. The average Bonchev–Trinajstić information content (AvgIpc) is 2.63. The molecule has 0 aliphatic carbocycles. The maximum absolute atomic E-state index is 6.71. The minimum atomic E-state index is -1.58. The molecule has 0 atom stereocenters. The molecule has 5 nitrogen and oxygen atoms in total. The summed E-state index contributed by atoms with van der Waals surface area (Å²) in [6, 6.07) is 14.5. The van der Waals surface area contributed by atoms with Gasteiger partial charge in [0.05, 0.1) is 12.2 Å². The van der Waals surface area contributed by atoms with E-state index in [1.165, 1.54) is 0 Å². The molecule has 0 radical (unpaired) electrons. The normalized spacial score (nSPS) is 24.4. The average molecular weight is 487 g/mol. The Hall–Kier alpha value is -1.23. The molecule has 2 N–H and O–H groups in total. The standard InChI is InChI=1S/C28H43N2O3P/c1-25(2)16-21(17-26(3,4)29-25)31-34(32-22-18-27(5,6)30-28(7,8)19-22)33-24-15-11-13-20-12-9-10-14-23(20)24/h9-15,21-22,29-30H,16-19H2,1-8H3. The van der Waals surface area contributed by atoms with Crippen LogP contribution in [0, 0.1) is 0 Å². The summed E-state index contributed by atoms with van der Waals surface area (Å²) in [5.74, 6) is 0.823. The Bertz CT molecular complexity index is 927. The van der Waals surface area contributed by atoms with Gasteiger partial charge in [0.2, 0.25) is 0 Å². The molecule has 0 saturated carbocycles. The smallest absolute Gasteiger partial charge is 0.397 e. The second-order valence-electron chi connectivity index (χ2n) is 12.8. The van der Waals surface area contributed by atoms with Gasteiger partial charge in [0.25, 0.3) is 0 Å². The van der Waals surface area contributed by atoms with Crippen molar-refractivity contribution in [2.45, 2.75) is 115 Å². The quantitative estimate of drug-likeness (QED) is 0.427. The third kappa shape index (κ3) is 6.71. The summed E-state index contributed by atoms with van der Waals surface area (Å²) >= 11 is 0. The number of piperidine rings is 2. The molecule has 34 heavy (non-hydrogen) atoms. The van der Waals surface area contributed by atoms with Crippen LogP contribution in [0.5, 0.6) is 5.75 Å². The zero-order valence-corrected chi connectivity index (χ0v) is 23.1. The van der Waals surface area contributed by atoms with E-state index >= 15 is 0 Å². The van der Waals surface area contributed by atoms with Crippen LogP contribution in [-0.4, -0.2) is 34.4 Å². The Balaban J connectivity index is 1.59. The summed E-state index contributed by atoms with van der Waals surface area (Å²) in [4.78, 5) is 0. The first kappa shape index (κ1) is 25.9. The van der Waals surface area contributed by atoms with Crippen LogP contribution in [-0.2, 0) is 9.05 Å². The lowest BCUT2D eigenvalue weighted by Gasteiger charge is -2.47. The Morgan fingerprint density at radius 2 is 1.09 bits per heavy atom. The van der Waals surface area contributed by atoms with Crippen molar-refractivity contribution in [2.24, 2.45) is 0 Å². The van der Waals surface area contributed by atoms with E-state index in [9.17, 15) is 0 Å². The second kappa shape index (κ2) is 9.33. The van der Waals surface area contributed by atoms with E-state index in [2.05, 4.69) is 96.4 Å². The molecular formula is C28H43N2O3P. The van der Waals surface area contributed by atoms with Crippen molar-refractivity contribution < 1.29 is 13.6 Å². The molecule has 2 aromatic carbocycles. The van der Waals surface area contributed by atoms with E-state index < -0.39 is 8.60 Å². The van der Waals surface area contributed by atoms with Gasteiger partial charge in [-0.3, -0.25) is 9.05 Å². The molecule has 2 aliphatic heterocycles. The first-order chi connectivity index (χ1) is 15.7. The van der Waals surface area contributed by atoms with E-state index in [0.717, 1.165) is 42.2 Å². The highest BCUT2D eigenvalue weighted by atomic mass is 31.2. The number of hydrogen-bond donors (Lipinski definition) is 2. The summed E-state index contributed by atoms with van der Waals surface area (Å²) in [5.41, 5.74) is -0.0333. The molecule has 2 aliphatic rings. The lowest BCUT2D eigenvalue weighted by atomic mass is 9.81. The highest BCUT2D eigenvalue weighted by Crippen LogP contribution is 2.49. The fraction of sp³-hybridized carbons (Fsp3) is 0.643. The fourth-order valence-corrected chi connectivity index (χ4v) is 7.51. The Kier molecular flexibility index (Phi) is 7.10. The number of nitrogens with one attached hydrogen (secondary N) is 2. The van der Waals surface area contributed by atoms with Gasteiger partial charge in [0.15, 0.2) is 0 Å². The van der Waals surface area contributed by atoms with Gasteiger partial charge in [0, 0.05) is 27.5 Å². The largest absolute Gasteiger partial charge is 0.426 e. The minimum Gasteiger partial charge on any atom is -0.426 e. The first-order valence-electron chi connectivity index (χ1n) is 12.6. The third-order valence-electron chi connectivity index (χ3n) is 6.70. The molecule has 0 bridgehead atoms. The van der Waals surface area contributed by atoms with E-state index in [0.29, 0.717) is 0 Å². The molecule has 6 heteroatoms. The van der Waals surface area contributed by atoms with Gasteiger partial charge in [-0.05, 0) is 92.5 Å². The van der Waals surface area contributed by atoms with E-state index in [4.69, 9.17) is 13.6 Å². The number of benzene rings is 2. The molecule has 188 valence electrons. The Morgan fingerprint density at radius 1 is 0.647 bits per heavy atom. The van der Waals surface area contributed by atoms with Crippen LogP contribution < -0.4 is 15.2 Å². The van der Waals surface area contributed by atoms with Gasteiger partial charge in [-0.2, -0.15) is 0 Å². The minimum absolute atomic E-state index is 0.00833. The van der Waals surface area contributed by atoms with E-state index in [1.807, 2.05) is 12.1 Å². The number of fused-ring (bicyclic) bond motifs is 1. The molecule has 2 aromatic rings. The van der Waals surface area contributed by atoms with Crippen LogP contribution in [0.3, 0.4) is 0 Å². The summed E-state index contributed by atoms with van der Waals surface area (Å²) in [6.45, 7) is 18.0. The molecule has 0 unspecified atom stereocenters. The molecule has 0 aromatic heterocycles. The third-order valence-corrected chi connectivity index (χ3v) is 7.98. The predicted molar refractivity (Wildman–Crippen MR) is 142 cm³/mol. The van der Waals surface area contributed by atoms with Crippen LogP contribution in [0.4, 0.5) is 0 Å². The maximum Gasteiger partial charge on any atom is 0.397 e. The zero-order chi connectivity index (χ0) is 24.8. The summed E-state index contributed by atoms with van der Waals surface area (Å²) < 4.78 is 20.0. The zero-order valence-electron chi connectivity index (χ0n) is 22.2. The molecule has 2 saturated heterocycles. The summed E-state index contributed by atoms with van der Waals surface area (Å²) in [6.07, 6.45) is 3.80. The second-order valence-corrected chi connectivity index (χ2v) is 13.9. The van der Waals surface area contributed by atoms with Crippen molar-refractivity contribution in [2.75, 3.05) is 0 Å². The number of hydrogen-bond acceptors (Lipinski definition) is 5. The molecule has 0 amide bonds. The van der Waals surface area contributed by atoms with Crippen molar-refractivity contribution in [3.63, 3.8) is 0 Å². The van der Waals surface area contributed by atoms with Gasteiger partial charge >= 0.3 is 8.60 Å². The molecule has 4 rings (SSSR count). The van der Waals surface area contributed by atoms with Gasteiger partial charge < -0.3 is 15.2 Å². The first-order valence-corrected chi connectivity index (χ1v) is 13.7. The predicted octanol–water partition coefficient (Wildman–Crippen LogP) is 7.10. The topological polar surface area (TPSA) is 51.8 Å². The van der Waals surface area contributed by atoms with Crippen molar-refractivity contribution >= 4 is 19.4 Å². The van der Waals surface area contributed by atoms with Crippen molar-refractivity contribution in [1.82, 2.24) is 10.6 Å². The monoisotopic (exact) mass is 486 g/mol. The highest BCUT2D eigenvalue weighted by Gasteiger charge is 2.43. The highest BCUT2D eigenvalue weighted by molar-refractivity contribution is 7.42. The molecular weight excluding hydrogens is 443 g/mol. The van der Waals surface area contributed by atoms with Gasteiger partial charge in [-0.15, -0.1) is 0 Å². The van der Waals surface area contributed by atoms with Crippen LogP contribution in [0.25, 0.3) is 10.8 Å². The van der Waals surface area contributed by atoms with Crippen LogP contribution in [0.1, 0.15) is 81.1 Å². The van der Waals surface area contributed by atoms with E-state index in [1.54, 1.807) is 0 Å². The molecule has 2 fully saturated rings. The van der Waals surface area contributed by atoms with Crippen LogP contribution >= 0.6 is 8.60 Å². The molecule has 2 heterocycles. The van der Waals surface area contributed by atoms with Crippen LogP contribution in [0.15, 0.2) is 42.5 Å². The van der Waals surface area contributed by atoms with E-state index in [-0.39, 0.29) is 34.4 Å². The van der Waals surface area contributed by atoms with Crippen LogP contribution in [0.2, 0.25) is 0 Å². The molecule has 0 spiro atoms. The lowest BCUT2D eigenvalue weighted by molar-refractivity contribution is 0.0133. The van der Waals surface area contributed by atoms with Crippen molar-refractivity contribution in [1.29, 1.82) is 0 Å². The van der Waals surface area contributed by atoms with Gasteiger partial charge in [-0.25, -0.2) is 0 Å².